The van der Waals surface area contributed by atoms with Crippen molar-refractivity contribution in [3.05, 3.63) is 11.8 Å². The summed E-state index contributed by atoms with van der Waals surface area (Å²) < 4.78 is -0.130. The molecule has 0 heterocycles. The standard InChI is InChI=1S/C9H15ClIN/c1-3-12(2)8-5-4-6-9(10,11)7-8/h7H,3-6H2,1-2H3/t9-/m1/s1. The van der Waals surface area contributed by atoms with Gasteiger partial charge in [0.25, 0.3) is 0 Å². The van der Waals surface area contributed by atoms with Crippen LogP contribution in [-0.4, -0.2) is 21.4 Å². The van der Waals surface area contributed by atoms with Crippen molar-refractivity contribution in [1.29, 1.82) is 0 Å². The van der Waals surface area contributed by atoms with Crippen LogP contribution in [0.2, 0.25) is 0 Å². The minimum Gasteiger partial charge on any atom is -0.378 e. The molecule has 12 heavy (non-hydrogen) atoms. The lowest BCUT2D eigenvalue weighted by Gasteiger charge is -2.29. The van der Waals surface area contributed by atoms with Crippen LogP contribution < -0.4 is 0 Å². The van der Waals surface area contributed by atoms with Crippen LogP contribution >= 0.6 is 34.2 Å². The average Bonchev–Trinajstić information content (AvgIpc) is 2.01. The molecule has 0 amide bonds. The van der Waals surface area contributed by atoms with Crippen LogP contribution in [0.3, 0.4) is 0 Å². The van der Waals surface area contributed by atoms with E-state index in [9.17, 15) is 0 Å². The maximum Gasteiger partial charge on any atom is 0.116 e. The highest BCUT2D eigenvalue weighted by molar-refractivity contribution is 14.1. The topological polar surface area (TPSA) is 3.24 Å². The van der Waals surface area contributed by atoms with Gasteiger partial charge in [-0.25, -0.2) is 0 Å². The van der Waals surface area contributed by atoms with Crippen LogP contribution in [0.15, 0.2) is 11.8 Å². The van der Waals surface area contributed by atoms with Gasteiger partial charge in [0.15, 0.2) is 0 Å². The Morgan fingerprint density at radius 3 is 2.92 bits per heavy atom. The number of hydrogen-bond acceptors (Lipinski definition) is 1. The summed E-state index contributed by atoms with van der Waals surface area (Å²) in [6.45, 7) is 3.23. The van der Waals surface area contributed by atoms with Gasteiger partial charge in [0, 0.05) is 19.3 Å². The molecule has 0 bridgehead atoms. The van der Waals surface area contributed by atoms with E-state index in [0.29, 0.717) is 0 Å². The summed E-state index contributed by atoms with van der Waals surface area (Å²) in [4.78, 5) is 2.27. The van der Waals surface area contributed by atoms with E-state index in [1.165, 1.54) is 18.5 Å². The maximum absolute atomic E-state index is 6.25. The molecule has 0 aromatic carbocycles. The highest BCUT2D eigenvalue weighted by Gasteiger charge is 2.25. The number of hydrogen-bond donors (Lipinski definition) is 0. The Morgan fingerprint density at radius 1 is 1.75 bits per heavy atom. The van der Waals surface area contributed by atoms with Crippen LogP contribution in [-0.2, 0) is 0 Å². The molecule has 0 aromatic rings. The first-order chi connectivity index (χ1) is 5.55. The first kappa shape index (κ1) is 10.6. The normalized spacial score (nSPS) is 29.8. The molecule has 70 valence electrons. The van der Waals surface area contributed by atoms with Gasteiger partial charge in [-0.3, -0.25) is 0 Å². The molecule has 1 aliphatic rings. The number of halogens is 2. The van der Waals surface area contributed by atoms with Gasteiger partial charge < -0.3 is 4.90 Å². The van der Waals surface area contributed by atoms with E-state index >= 15 is 0 Å². The van der Waals surface area contributed by atoms with E-state index in [2.05, 4.69) is 47.5 Å². The fraction of sp³-hybridized carbons (Fsp3) is 0.778. The van der Waals surface area contributed by atoms with Crippen molar-refractivity contribution in [2.75, 3.05) is 13.6 Å². The molecule has 0 aromatic heterocycles. The van der Waals surface area contributed by atoms with Gasteiger partial charge in [-0.15, -0.1) is 11.6 Å². The molecule has 0 aliphatic heterocycles. The summed E-state index contributed by atoms with van der Waals surface area (Å²) in [7, 11) is 2.13. The molecular weight excluding hydrogens is 284 g/mol. The second kappa shape index (κ2) is 4.18. The third-order valence-electron chi connectivity index (χ3n) is 2.29. The van der Waals surface area contributed by atoms with Crippen LogP contribution in [0.5, 0.6) is 0 Å². The maximum atomic E-state index is 6.25. The lowest BCUT2D eigenvalue weighted by atomic mass is 10.0. The first-order valence-electron chi connectivity index (χ1n) is 4.36. The largest absolute Gasteiger partial charge is 0.378 e. The van der Waals surface area contributed by atoms with Crippen molar-refractivity contribution in [2.45, 2.75) is 29.1 Å². The number of nitrogens with zero attached hydrogens (tertiary/aromatic N) is 1. The Balaban J connectivity index is 2.70. The third-order valence-corrected chi connectivity index (χ3v) is 3.43. The fourth-order valence-electron chi connectivity index (χ4n) is 1.40. The Labute approximate surface area is 93.3 Å². The van der Waals surface area contributed by atoms with Gasteiger partial charge >= 0.3 is 0 Å². The zero-order valence-corrected chi connectivity index (χ0v) is 10.5. The van der Waals surface area contributed by atoms with Crippen LogP contribution in [0.25, 0.3) is 0 Å². The van der Waals surface area contributed by atoms with Crippen molar-refractivity contribution in [2.24, 2.45) is 0 Å². The van der Waals surface area contributed by atoms with E-state index in [0.717, 1.165) is 13.0 Å². The van der Waals surface area contributed by atoms with Crippen LogP contribution in [0.1, 0.15) is 26.2 Å². The van der Waals surface area contributed by atoms with Crippen molar-refractivity contribution in [3.8, 4) is 0 Å². The van der Waals surface area contributed by atoms with Crippen molar-refractivity contribution in [1.82, 2.24) is 4.90 Å². The Kier molecular flexibility index (Phi) is 3.71. The third kappa shape index (κ3) is 2.80. The predicted molar refractivity (Wildman–Crippen MR) is 62.8 cm³/mol. The molecule has 1 nitrogen and oxygen atoms in total. The predicted octanol–water partition coefficient (Wildman–Crippen LogP) is 3.38. The van der Waals surface area contributed by atoms with E-state index < -0.39 is 0 Å². The van der Waals surface area contributed by atoms with Gasteiger partial charge in [0.1, 0.15) is 2.88 Å². The monoisotopic (exact) mass is 299 g/mol. The van der Waals surface area contributed by atoms with E-state index in [1.54, 1.807) is 0 Å². The molecular formula is C9H15ClIN. The van der Waals surface area contributed by atoms with E-state index in [-0.39, 0.29) is 2.88 Å². The molecule has 0 fully saturated rings. The Bertz CT molecular complexity index is 189. The zero-order valence-electron chi connectivity index (χ0n) is 7.61. The van der Waals surface area contributed by atoms with Gasteiger partial charge in [-0.2, -0.15) is 0 Å². The molecule has 0 saturated heterocycles. The minimum absolute atomic E-state index is 0.130. The van der Waals surface area contributed by atoms with Crippen LogP contribution in [0, 0.1) is 0 Å². The van der Waals surface area contributed by atoms with Gasteiger partial charge in [-0.05, 0) is 32.3 Å². The highest BCUT2D eigenvalue weighted by Crippen LogP contribution is 2.38. The SMILES string of the molecule is CCN(C)C1=C[C@](Cl)(I)CCC1. The number of alkyl halides is 2. The quantitative estimate of drug-likeness (QED) is 0.558. The van der Waals surface area contributed by atoms with Gasteiger partial charge in [0.05, 0.1) is 0 Å². The lowest BCUT2D eigenvalue weighted by Crippen LogP contribution is -2.23. The summed E-state index contributed by atoms with van der Waals surface area (Å²) in [6, 6.07) is 0. The van der Waals surface area contributed by atoms with E-state index in [4.69, 9.17) is 11.6 Å². The number of rotatable bonds is 2. The molecule has 0 N–H and O–H groups in total. The molecule has 0 spiro atoms. The molecule has 0 saturated carbocycles. The summed E-state index contributed by atoms with van der Waals surface area (Å²) in [5.41, 5.74) is 1.40. The fourth-order valence-corrected chi connectivity index (χ4v) is 2.40. The Hall–Kier alpha value is 0.560. The molecule has 1 rings (SSSR count). The van der Waals surface area contributed by atoms with Crippen molar-refractivity contribution in [3.63, 3.8) is 0 Å². The van der Waals surface area contributed by atoms with E-state index in [1.807, 2.05) is 0 Å². The second-order valence-electron chi connectivity index (χ2n) is 3.26. The average molecular weight is 300 g/mol. The van der Waals surface area contributed by atoms with Gasteiger partial charge in [-0.1, -0.05) is 22.6 Å². The smallest absolute Gasteiger partial charge is 0.116 e. The number of allylic oxidation sites excluding steroid dienone is 2. The molecule has 3 heteroatoms. The lowest BCUT2D eigenvalue weighted by molar-refractivity contribution is 0.405. The van der Waals surface area contributed by atoms with Crippen molar-refractivity contribution < 1.29 is 0 Å². The molecule has 1 aliphatic carbocycles. The summed E-state index contributed by atoms with van der Waals surface area (Å²) in [5.74, 6) is 0. The molecule has 1 atom stereocenters. The summed E-state index contributed by atoms with van der Waals surface area (Å²) >= 11 is 8.57. The minimum atomic E-state index is -0.130. The highest BCUT2D eigenvalue weighted by atomic mass is 127. The summed E-state index contributed by atoms with van der Waals surface area (Å²) in [6.07, 6.45) is 5.68. The molecule has 0 unspecified atom stereocenters. The summed E-state index contributed by atoms with van der Waals surface area (Å²) in [5, 5.41) is 0. The van der Waals surface area contributed by atoms with Gasteiger partial charge in [0.2, 0.25) is 0 Å². The Morgan fingerprint density at radius 2 is 2.42 bits per heavy atom. The van der Waals surface area contributed by atoms with Crippen LogP contribution in [0.4, 0.5) is 0 Å². The molecule has 0 radical (unpaired) electrons. The second-order valence-corrected chi connectivity index (χ2v) is 6.50. The zero-order chi connectivity index (χ0) is 9.19. The first-order valence-corrected chi connectivity index (χ1v) is 5.81. The van der Waals surface area contributed by atoms with Crippen molar-refractivity contribution >= 4 is 34.2 Å².